The lowest BCUT2D eigenvalue weighted by molar-refractivity contribution is 0.0763. The van der Waals surface area contributed by atoms with E-state index in [4.69, 9.17) is 5.73 Å². The molecule has 3 atom stereocenters. The van der Waals surface area contributed by atoms with E-state index in [1.54, 1.807) is 0 Å². The van der Waals surface area contributed by atoms with Gasteiger partial charge in [0, 0.05) is 6.04 Å². The molecule has 0 radical (unpaired) electrons. The first-order valence-electron chi connectivity index (χ1n) is 6.40. The van der Waals surface area contributed by atoms with Crippen LogP contribution < -0.4 is 5.73 Å². The zero-order chi connectivity index (χ0) is 11.9. The maximum absolute atomic E-state index is 6.29. The van der Waals surface area contributed by atoms with Crippen LogP contribution in [0.1, 0.15) is 60.8 Å². The Balaban J connectivity index is 2.87. The zero-order valence-corrected chi connectivity index (χ0v) is 11.4. The van der Waals surface area contributed by atoms with Crippen molar-refractivity contribution in [2.45, 2.75) is 66.8 Å². The van der Waals surface area contributed by atoms with Gasteiger partial charge in [-0.05, 0) is 41.9 Å². The van der Waals surface area contributed by atoms with Crippen LogP contribution in [0, 0.1) is 22.7 Å². The number of nitrogens with two attached hydrogens (primary N) is 1. The molecule has 2 N–H and O–H groups in total. The minimum absolute atomic E-state index is 0.381. The van der Waals surface area contributed by atoms with Crippen molar-refractivity contribution in [3.63, 3.8) is 0 Å². The Labute approximate surface area is 95.8 Å². The molecular formula is C14H29N. The van der Waals surface area contributed by atoms with Gasteiger partial charge in [0.2, 0.25) is 0 Å². The molecular weight excluding hydrogens is 182 g/mol. The monoisotopic (exact) mass is 211 g/mol. The van der Waals surface area contributed by atoms with E-state index in [9.17, 15) is 0 Å². The van der Waals surface area contributed by atoms with Crippen molar-refractivity contribution in [3.8, 4) is 0 Å². The quantitative estimate of drug-likeness (QED) is 0.647. The predicted molar refractivity (Wildman–Crippen MR) is 67.7 cm³/mol. The predicted octanol–water partition coefficient (Wildman–Crippen LogP) is 3.82. The third-order valence-electron chi connectivity index (χ3n) is 4.56. The summed E-state index contributed by atoms with van der Waals surface area (Å²) in [5, 5.41) is 0. The summed E-state index contributed by atoms with van der Waals surface area (Å²) >= 11 is 0. The van der Waals surface area contributed by atoms with Gasteiger partial charge < -0.3 is 5.73 Å². The van der Waals surface area contributed by atoms with Crippen molar-refractivity contribution in [3.05, 3.63) is 0 Å². The van der Waals surface area contributed by atoms with E-state index in [2.05, 4.69) is 41.5 Å². The summed E-state index contributed by atoms with van der Waals surface area (Å²) in [4.78, 5) is 0. The van der Waals surface area contributed by atoms with Gasteiger partial charge in [0.1, 0.15) is 0 Å². The number of hydrogen-bond acceptors (Lipinski definition) is 1. The van der Waals surface area contributed by atoms with Crippen LogP contribution in [0.5, 0.6) is 0 Å². The highest BCUT2D eigenvalue weighted by Crippen LogP contribution is 2.45. The molecule has 1 rings (SSSR count). The molecule has 1 saturated carbocycles. The highest BCUT2D eigenvalue weighted by Gasteiger charge is 2.37. The molecule has 0 spiro atoms. The second-order valence-electron chi connectivity index (χ2n) is 7.31. The van der Waals surface area contributed by atoms with Gasteiger partial charge in [0.15, 0.2) is 0 Å². The van der Waals surface area contributed by atoms with Crippen LogP contribution in [0.2, 0.25) is 0 Å². The van der Waals surface area contributed by atoms with E-state index in [1.807, 2.05) is 0 Å². The Kier molecular flexibility index (Phi) is 3.55. The van der Waals surface area contributed by atoms with Crippen molar-refractivity contribution in [2.75, 3.05) is 0 Å². The minimum atomic E-state index is 0.381. The first-order valence-corrected chi connectivity index (χ1v) is 6.40. The van der Waals surface area contributed by atoms with Crippen molar-refractivity contribution in [1.29, 1.82) is 0 Å². The molecule has 15 heavy (non-hydrogen) atoms. The molecule has 0 aromatic carbocycles. The molecule has 1 fully saturated rings. The van der Waals surface area contributed by atoms with E-state index >= 15 is 0 Å². The maximum atomic E-state index is 6.29. The second kappa shape index (κ2) is 4.08. The Morgan fingerprint density at radius 2 is 1.47 bits per heavy atom. The first-order chi connectivity index (χ1) is 6.64. The van der Waals surface area contributed by atoms with E-state index in [-0.39, 0.29) is 0 Å². The molecule has 1 aliphatic carbocycles. The molecule has 90 valence electrons. The number of rotatable bonds is 0. The van der Waals surface area contributed by atoms with Gasteiger partial charge in [-0.15, -0.1) is 0 Å². The summed E-state index contributed by atoms with van der Waals surface area (Å²) in [5.74, 6) is 1.45. The molecule has 0 saturated heterocycles. The van der Waals surface area contributed by atoms with Gasteiger partial charge in [0.05, 0.1) is 0 Å². The summed E-state index contributed by atoms with van der Waals surface area (Å²) in [7, 11) is 0. The van der Waals surface area contributed by atoms with Crippen LogP contribution in [-0.4, -0.2) is 6.04 Å². The van der Waals surface area contributed by atoms with Crippen LogP contribution in [0.15, 0.2) is 0 Å². The van der Waals surface area contributed by atoms with E-state index in [1.165, 1.54) is 19.3 Å². The van der Waals surface area contributed by atoms with Gasteiger partial charge in [0.25, 0.3) is 0 Å². The molecule has 0 heterocycles. The highest BCUT2D eigenvalue weighted by atomic mass is 14.7. The Morgan fingerprint density at radius 1 is 0.933 bits per heavy atom. The summed E-state index contributed by atoms with van der Waals surface area (Å²) in [6.07, 6.45) is 3.75. The summed E-state index contributed by atoms with van der Waals surface area (Å²) < 4.78 is 0. The van der Waals surface area contributed by atoms with Crippen LogP contribution >= 0.6 is 0 Å². The average Bonchev–Trinajstić information content (AvgIpc) is 1.99. The second-order valence-corrected chi connectivity index (χ2v) is 7.31. The lowest BCUT2D eigenvalue weighted by Gasteiger charge is -2.44. The van der Waals surface area contributed by atoms with Crippen LogP contribution in [0.4, 0.5) is 0 Å². The third-order valence-corrected chi connectivity index (χ3v) is 4.56. The molecule has 0 aliphatic heterocycles. The van der Waals surface area contributed by atoms with Gasteiger partial charge in [-0.3, -0.25) is 0 Å². The summed E-state index contributed by atoms with van der Waals surface area (Å²) in [6.45, 7) is 14.3. The molecule has 0 bridgehead atoms. The molecule has 0 aromatic rings. The lowest BCUT2D eigenvalue weighted by Crippen LogP contribution is -2.41. The van der Waals surface area contributed by atoms with E-state index in [0.717, 1.165) is 5.92 Å². The standard InChI is InChI=1S/C14H29N/c1-10-7-14(5,6)11(2)8-13(3,4)9-12(10)15/h10-12H,7-9,15H2,1-6H3. The smallest absolute Gasteiger partial charge is 0.00698 e. The van der Waals surface area contributed by atoms with E-state index < -0.39 is 0 Å². The van der Waals surface area contributed by atoms with Gasteiger partial charge in [-0.1, -0.05) is 41.5 Å². The molecule has 3 unspecified atom stereocenters. The highest BCUT2D eigenvalue weighted by molar-refractivity contribution is 4.90. The van der Waals surface area contributed by atoms with Crippen LogP contribution in [-0.2, 0) is 0 Å². The summed E-state index contributed by atoms with van der Waals surface area (Å²) in [6, 6.07) is 0.381. The SMILES string of the molecule is CC1CC(C)(C)C(C)CC(C)(C)CC1N. The fraction of sp³-hybridized carbons (Fsp3) is 1.00. The van der Waals surface area contributed by atoms with Gasteiger partial charge in [-0.2, -0.15) is 0 Å². The molecule has 1 heteroatoms. The van der Waals surface area contributed by atoms with Crippen LogP contribution in [0.25, 0.3) is 0 Å². The topological polar surface area (TPSA) is 26.0 Å². The first kappa shape index (κ1) is 13.0. The van der Waals surface area contributed by atoms with Gasteiger partial charge >= 0.3 is 0 Å². The van der Waals surface area contributed by atoms with Gasteiger partial charge in [-0.25, -0.2) is 0 Å². The van der Waals surface area contributed by atoms with Crippen molar-refractivity contribution in [1.82, 2.24) is 0 Å². The Bertz CT molecular complexity index is 217. The number of hydrogen-bond donors (Lipinski definition) is 1. The minimum Gasteiger partial charge on any atom is -0.327 e. The fourth-order valence-electron chi connectivity index (χ4n) is 3.21. The molecule has 0 amide bonds. The molecule has 0 aromatic heterocycles. The zero-order valence-electron chi connectivity index (χ0n) is 11.4. The van der Waals surface area contributed by atoms with Crippen molar-refractivity contribution < 1.29 is 0 Å². The summed E-state index contributed by atoms with van der Waals surface area (Å²) in [5.41, 5.74) is 7.14. The Hall–Kier alpha value is -0.0400. The normalized spacial score (nSPS) is 40.6. The largest absolute Gasteiger partial charge is 0.327 e. The maximum Gasteiger partial charge on any atom is 0.00698 e. The molecule has 1 aliphatic rings. The third kappa shape index (κ3) is 3.21. The molecule has 1 nitrogen and oxygen atoms in total. The van der Waals surface area contributed by atoms with Crippen LogP contribution in [0.3, 0.4) is 0 Å². The fourth-order valence-corrected chi connectivity index (χ4v) is 3.21. The lowest BCUT2D eigenvalue weighted by atomic mass is 9.62. The van der Waals surface area contributed by atoms with Crippen molar-refractivity contribution in [2.24, 2.45) is 28.4 Å². The van der Waals surface area contributed by atoms with E-state index in [0.29, 0.717) is 22.8 Å². The van der Waals surface area contributed by atoms with Crippen molar-refractivity contribution >= 4 is 0 Å². The Morgan fingerprint density at radius 3 is 2.00 bits per heavy atom. The average molecular weight is 211 g/mol.